The van der Waals surface area contributed by atoms with Crippen molar-refractivity contribution in [3.8, 4) is 0 Å². The Morgan fingerprint density at radius 2 is 1.85 bits per heavy atom. The molecule has 1 fully saturated rings. The van der Waals surface area contributed by atoms with Crippen molar-refractivity contribution in [3.63, 3.8) is 0 Å². The van der Waals surface area contributed by atoms with Gasteiger partial charge in [-0.3, -0.25) is 4.79 Å². The molecule has 1 unspecified atom stereocenters. The molecule has 110 valence electrons. The molecule has 0 radical (unpaired) electrons. The van der Waals surface area contributed by atoms with Gasteiger partial charge in [-0.2, -0.15) is 0 Å². The average Bonchev–Trinajstić information content (AvgIpc) is 2.53. The highest BCUT2D eigenvalue weighted by molar-refractivity contribution is 5.94. The van der Waals surface area contributed by atoms with Crippen molar-refractivity contribution < 1.29 is 4.79 Å². The summed E-state index contributed by atoms with van der Waals surface area (Å²) in [7, 11) is 1.89. The Kier molecular flexibility index (Phi) is 5.41. The highest BCUT2D eigenvalue weighted by Crippen LogP contribution is 2.20. The molecule has 20 heavy (non-hydrogen) atoms. The van der Waals surface area contributed by atoms with E-state index in [9.17, 15) is 4.79 Å². The Morgan fingerprint density at radius 1 is 1.20 bits per heavy atom. The Morgan fingerprint density at radius 3 is 2.45 bits per heavy atom. The van der Waals surface area contributed by atoms with Crippen molar-refractivity contribution in [2.24, 2.45) is 0 Å². The van der Waals surface area contributed by atoms with E-state index in [2.05, 4.69) is 27.7 Å². The molecule has 1 aliphatic rings. The van der Waals surface area contributed by atoms with Crippen LogP contribution in [0.25, 0.3) is 0 Å². The molecule has 1 heterocycles. The number of carbonyl (C=O) groups excluding carboxylic acids is 1. The summed E-state index contributed by atoms with van der Waals surface area (Å²) < 4.78 is 0. The summed E-state index contributed by atoms with van der Waals surface area (Å²) in [6.45, 7) is 4.94. The van der Waals surface area contributed by atoms with E-state index in [1.165, 1.54) is 24.9 Å². The van der Waals surface area contributed by atoms with Gasteiger partial charge in [0, 0.05) is 36.9 Å². The number of benzene rings is 1. The van der Waals surface area contributed by atoms with E-state index in [0.717, 1.165) is 18.7 Å². The zero-order valence-corrected chi connectivity index (χ0v) is 12.5. The second kappa shape index (κ2) is 7.29. The van der Waals surface area contributed by atoms with Crippen molar-refractivity contribution in [1.82, 2.24) is 10.6 Å². The number of hydrogen-bond acceptors (Lipinski definition) is 3. The van der Waals surface area contributed by atoms with Gasteiger partial charge in [0.25, 0.3) is 5.91 Å². The van der Waals surface area contributed by atoms with Crippen LogP contribution in [0.15, 0.2) is 24.3 Å². The maximum atomic E-state index is 12.0. The van der Waals surface area contributed by atoms with Gasteiger partial charge in [0.15, 0.2) is 0 Å². The van der Waals surface area contributed by atoms with E-state index in [1.54, 1.807) is 0 Å². The summed E-state index contributed by atoms with van der Waals surface area (Å²) in [4.78, 5) is 14.4. The lowest BCUT2D eigenvalue weighted by atomic mass is 10.1. The van der Waals surface area contributed by atoms with Gasteiger partial charge in [0.1, 0.15) is 0 Å². The van der Waals surface area contributed by atoms with Gasteiger partial charge < -0.3 is 15.5 Å². The number of carbonyl (C=O) groups is 1. The number of nitrogens with zero attached hydrogens (tertiary/aromatic N) is 1. The lowest BCUT2D eigenvalue weighted by Gasteiger charge is -2.28. The van der Waals surface area contributed by atoms with Crippen LogP contribution in [0.4, 0.5) is 5.69 Å². The van der Waals surface area contributed by atoms with Gasteiger partial charge in [-0.05, 0) is 57.5 Å². The van der Waals surface area contributed by atoms with Gasteiger partial charge in [-0.25, -0.2) is 0 Å². The fourth-order valence-electron chi connectivity index (χ4n) is 2.43. The fraction of sp³-hybridized carbons (Fsp3) is 0.562. The fourth-order valence-corrected chi connectivity index (χ4v) is 2.43. The summed E-state index contributed by atoms with van der Waals surface area (Å²) in [5, 5.41) is 6.04. The lowest BCUT2D eigenvalue weighted by Crippen LogP contribution is -2.37. The van der Waals surface area contributed by atoms with E-state index >= 15 is 0 Å². The SMILES string of the molecule is CNC(C)CNC(=O)c1ccc(N2CCCCC2)cc1. The molecule has 4 nitrogen and oxygen atoms in total. The molecule has 0 aliphatic carbocycles. The maximum Gasteiger partial charge on any atom is 0.251 e. The van der Waals surface area contributed by atoms with Crippen LogP contribution < -0.4 is 15.5 Å². The van der Waals surface area contributed by atoms with Crippen LogP contribution in [-0.4, -0.2) is 38.6 Å². The topological polar surface area (TPSA) is 44.4 Å². The Balaban J connectivity index is 1.91. The van der Waals surface area contributed by atoms with Crippen molar-refractivity contribution in [2.75, 3.05) is 31.6 Å². The minimum Gasteiger partial charge on any atom is -0.372 e. The zero-order chi connectivity index (χ0) is 14.4. The molecule has 1 saturated heterocycles. The van der Waals surface area contributed by atoms with Gasteiger partial charge in [0.05, 0.1) is 0 Å². The van der Waals surface area contributed by atoms with Gasteiger partial charge in [0.2, 0.25) is 0 Å². The predicted octanol–water partition coefficient (Wildman–Crippen LogP) is 2.01. The molecule has 0 saturated carbocycles. The van der Waals surface area contributed by atoms with Crippen LogP contribution >= 0.6 is 0 Å². The molecule has 0 aromatic heterocycles. The number of rotatable bonds is 5. The summed E-state index contributed by atoms with van der Waals surface area (Å²) in [5.74, 6) is -0.00251. The first-order valence-electron chi connectivity index (χ1n) is 7.51. The van der Waals surface area contributed by atoms with E-state index in [0.29, 0.717) is 6.54 Å². The molecule has 0 bridgehead atoms. The normalized spacial score (nSPS) is 16.8. The number of hydrogen-bond donors (Lipinski definition) is 2. The molecule has 1 aromatic carbocycles. The molecule has 1 aliphatic heterocycles. The van der Waals surface area contributed by atoms with Gasteiger partial charge in [-0.1, -0.05) is 0 Å². The van der Waals surface area contributed by atoms with Crippen LogP contribution in [0.2, 0.25) is 0 Å². The third-order valence-electron chi connectivity index (χ3n) is 3.91. The van der Waals surface area contributed by atoms with Crippen LogP contribution in [-0.2, 0) is 0 Å². The molecule has 2 rings (SSSR count). The second-order valence-electron chi connectivity index (χ2n) is 5.49. The van der Waals surface area contributed by atoms with Crippen LogP contribution in [0.3, 0.4) is 0 Å². The predicted molar refractivity (Wildman–Crippen MR) is 83.4 cm³/mol. The average molecular weight is 275 g/mol. The number of amides is 1. The van der Waals surface area contributed by atoms with Crippen LogP contribution in [0.5, 0.6) is 0 Å². The number of piperidine rings is 1. The first-order chi connectivity index (χ1) is 9.70. The van der Waals surface area contributed by atoms with E-state index in [4.69, 9.17) is 0 Å². The van der Waals surface area contributed by atoms with E-state index in [-0.39, 0.29) is 11.9 Å². The molecule has 0 spiro atoms. The van der Waals surface area contributed by atoms with E-state index in [1.807, 2.05) is 26.1 Å². The first kappa shape index (κ1) is 14.9. The number of anilines is 1. The standard InChI is InChI=1S/C16H25N3O/c1-13(17-2)12-18-16(20)14-6-8-15(9-7-14)19-10-4-3-5-11-19/h6-9,13,17H,3-5,10-12H2,1-2H3,(H,18,20). The Labute approximate surface area is 121 Å². The molecule has 1 atom stereocenters. The quantitative estimate of drug-likeness (QED) is 0.864. The molecular formula is C16H25N3O. The number of nitrogens with one attached hydrogen (secondary N) is 2. The molecule has 1 amide bonds. The maximum absolute atomic E-state index is 12.0. The molecule has 1 aromatic rings. The third kappa shape index (κ3) is 3.97. The van der Waals surface area contributed by atoms with Gasteiger partial charge in [-0.15, -0.1) is 0 Å². The summed E-state index contributed by atoms with van der Waals surface area (Å²) in [6, 6.07) is 8.24. The molecule has 4 heteroatoms. The van der Waals surface area contributed by atoms with Crippen molar-refractivity contribution >= 4 is 11.6 Å². The monoisotopic (exact) mass is 275 g/mol. The minimum absolute atomic E-state index is 0.00251. The first-order valence-corrected chi connectivity index (χ1v) is 7.51. The highest BCUT2D eigenvalue weighted by Gasteiger charge is 2.12. The minimum atomic E-state index is -0.00251. The van der Waals surface area contributed by atoms with E-state index < -0.39 is 0 Å². The smallest absolute Gasteiger partial charge is 0.251 e. The molecular weight excluding hydrogens is 250 g/mol. The van der Waals surface area contributed by atoms with Gasteiger partial charge >= 0.3 is 0 Å². The van der Waals surface area contributed by atoms with Crippen molar-refractivity contribution in [3.05, 3.63) is 29.8 Å². The lowest BCUT2D eigenvalue weighted by molar-refractivity contribution is 0.0950. The van der Waals surface area contributed by atoms with Crippen LogP contribution in [0, 0.1) is 0 Å². The second-order valence-corrected chi connectivity index (χ2v) is 5.49. The third-order valence-corrected chi connectivity index (χ3v) is 3.91. The molecule has 2 N–H and O–H groups in total. The highest BCUT2D eigenvalue weighted by atomic mass is 16.1. The summed E-state index contributed by atoms with van der Waals surface area (Å²) >= 11 is 0. The largest absolute Gasteiger partial charge is 0.372 e. The zero-order valence-electron chi connectivity index (χ0n) is 12.5. The van der Waals surface area contributed by atoms with Crippen molar-refractivity contribution in [1.29, 1.82) is 0 Å². The summed E-state index contributed by atoms with van der Waals surface area (Å²) in [6.07, 6.45) is 3.87. The van der Waals surface area contributed by atoms with Crippen molar-refractivity contribution in [2.45, 2.75) is 32.2 Å². The van der Waals surface area contributed by atoms with Crippen LogP contribution in [0.1, 0.15) is 36.5 Å². The Bertz CT molecular complexity index is 424. The number of likely N-dealkylation sites (N-methyl/N-ethyl adjacent to an activating group) is 1. The summed E-state index contributed by atoms with van der Waals surface area (Å²) in [5.41, 5.74) is 1.96. The Hall–Kier alpha value is -1.55.